The first-order chi connectivity index (χ1) is 13.5. The second kappa shape index (κ2) is 7.29. The molecule has 0 aromatic heterocycles. The van der Waals surface area contributed by atoms with Gasteiger partial charge in [-0.1, -0.05) is 57.6 Å². The summed E-state index contributed by atoms with van der Waals surface area (Å²) < 4.78 is 0. The Morgan fingerprint density at radius 2 is 1.18 bits per heavy atom. The molecule has 0 aromatic carbocycles. The molecule has 3 aliphatic heterocycles. The second-order valence-electron chi connectivity index (χ2n) is 12.0. The molecule has 3 heteroatoms. The van der Waals surface area contributed by atoms with Crippen molar-refractivity contribution < 1.29 is 0 Å². The quantitative estimate of drug-likeness (QED) is 0.397. The van der Waals surface area contributed by atoms with E-state index in [0.717, 1.165) is 17.7 Å². The smallest absolute Gasteiger partial charge is 0.114 e. The summed E-state index contributed by atoms with van der Waals surface area (Å²) in [5.41, 5.74) is 1.44. The van der Waals surface area contributed by atoms with E-state index in [1.54, 1.807) is 0 Å². The average Bonchev–Trinajstić information content (AvgIpc) is 3.19. The van der Waals surface area contributed by atoms with Gasteiger partial charge in [0.1, 0.15) is 7.28 Å². The SMILES string of the molecule is CC1(C2[B]CCC2)CCCC(C)(C2CCC2)N2CN2C(C)(C2CCC2)CCC1. The number of rotatable bonds is 3. The minimum Gasteiger partial charge on any atom is -0.218 e. The van der Waals surface area contributed by atoms with Gasteiger partial charge in [0.15, 0.2) is 0 Å². The van der Waals surface area contributed by atoms with Gasteiger partial charge in [0.25, 0.3) is 0 Å². The third-order valence-electron chi connectivity index (χ3n) is 10.6. The Labute approximate surface area is 175 Å². The number of fused-ring (bicyclic) bond motifs is 1. The highest BCUT2D eigenvalue weighted by molar-refractivity contribution is 6.38. The van der Waals surface area contributed by atoms with E-state index in [2.05, 4.69) is 38.1 Å². The number of nitrogens with zero attached hydrogens (tertiary/aromatic N) is 2. The fourth-order valence-corrected chi connectivity index (χ4v) is 7.73. The van der Waals surface area contributed by atoms with Crippen LogP contribution in [0.5, 0.6) is 0 Å². The molecular formula is C25H44BN2. The van der Waals surface area contributed by atoms with Gasteiger partial charge in [0, 0.05) is 11.1 Å². The average molecular weight is 383 g/mol. The predicted octanol–water partition coefficient (Wildman–Crippen LogP) is 6.66. The molecule has 5 fully saturated rings. The lowest BCUT2D eigenvalue weighted by atomic mass is 9.53. The molecule has 0 spiro atoms. The van der Waals surface area contributed by atoms with Crippen LogP contribution in [0.15, 0.2) is 0 Å². The highest BCUT2D eigenvalue weighted by Gasteiger charge is 2.59. The fourth-order valence-electron chi connectivity index (χ4n) is 7.73. The highest BCUT2D eigenvalue weighted by atomic mass is 15.9. The summed E-state index contributed by atoms with van der Waals surface area (Å²) in [4.78, 5) is 0. The topological polar surface area (TPSA) is 6.02 Å². The second-order valence-corrected chi connectivity index (χ2v) is 12.0. The van der Waals surface area contributed by atoms with Crippen LogP contribution in [0.25, 0.3) is 0 Å². The van der Waals surface area contributed by atoms with Crippen molar-refractivity contribution in [2.75, 3.05) is 6.67 Å². The van der Waals surface area contributed by atoms with Gasteiger partial charge >= 0.3 is 0 Å². The van der Waals surface area contributed by atoms with E-state index >= 15 is 0 Å². The van der Waals surface area contributed by atoms with Gasteiger partial charge in [0.2, 0.25) is 0 Å². The van der Waals surface area contributed by atoms with Crippen molar-refractivity contribution in [3.8, 4) is 0 Å². The molecule has 157 valence electrons. The molecule has 5 aliphatic rings. The van der Waals surface area contributed by atoms with Crippen molar-refractivity contribution in [3.05, 3.63) is 0 Å². The lowest BCUT2D eigenvalue weighted by Crippen LogP contribution is -2.53. The molecular weight excluding hydrogens is 339 g/mol. The maximum absolute atomic E-state index is 2.87. The van der Waals surface area contributed by atoms with E-state index in [0.29, 0.717) is 16.5 Å². The summed E-state index contributed by atoms with van der Waals surface area (Å²) in [5, 5.41) is 5.75. The van der Waals surface area contributed by atoms with Crippen molar-refractivity contribution in [1.82, 2.24) is 10.0 Å². The molecule has 5 unspecified atom stereocenters. The summed E-state index contributed by atoms with van der Waals surface area (Å²) in [5.74, 6) is 2.80. The van der Waals surface area contributed by atoms with Crippen molar-refractivity contribution in [2.24, 2.45) is 17.3 Å². The zero-order valence-corrected chi connectivity index (χ0v) is 19.0. The minimum absolute atomic E-state index is 0.438. The summed E-state index contributed by atoms with van der Waals surface area (Å²) in [7, 11) is 2.71. The zero-order chi connectivity index (χ0) is 19.4. The fraction of sp³-hybridized carbons (Fsp3) is 1.00. The zero-order valence-electron chi connectivity index (χ0n) is 19.0. The monoisotopic (exact) mass is 383 g/mol. The first-order valence-electron chi connectivity index (χ1n) is 12.8. The molecule has 0 amide bonds. The number of hydrogen-bond acceptors (Lipinski definition) is 2. The van der Waals surface area contributed by atoms with Gasteiger partial charge in [-0.05, 0) is 82.5 Å². The Bertz CT molecular complexity index is 527. The van der Waals surface area contributed by atoms with Crippen molar-refractivity contribution in [2.45, 2.75) is 134 Å². The molecule has 1 radical (unpaired) electrons. The van der Waals surface area contributed by atoms with Gasteiger partial charge in [-0.2, -0.15) is 0 Å². The van der Waals surface area contributed by atoms with Crippen LogP contribution in [0.1, 0.15) is 111 Å². The Morgan fingerprint density at radius 1 is 0.643 bits per heavy atom. The first-order valence-corrected chi connectivity index (χ1v) is 12.8. The highest BCUT2D eigenvalue weighted by Crippen LogP contribution is 2.56. The molecule has 2 saturated carbocycles. The normalized spacial score (nSPS) is 50.6. The van der Waals surface area contributed by atoms with Gasteiger partial charge in [-0.25, -0.2) is 10.0 Å². The summed E-state index contributed by atoms with van der Waals surface area (Å²) >= 11 is 0. The molecule has 0 N–H and O–H groups in total. The minimum atomic E-state index is 0.438. The van der Waals surface area contributed by atoms with Crippen molar-refractivity contribution in [1.29, 1.82) is 0 Å². The Morgan fingerprint density at radius 3 is 1.57 bits per heavy atom. The largest absolute Gasteiger partial charge is 0.218 e. The summed E-state index contributed by atoms with van der Waals surface area (Å²) in [6, 6.07) is 0. The molecule has 2 aliphatic carbocycles. The standard InChI is InChI=1S/C25H44BN2/c1-23(22-13-6-18-26-22)14-7-16-24(2,20-9-4-10-20)27-19-28(27)25(3,17-8-15-23)21-11-5-12-21/h20-22H,4-19H2,1-3H3. The lowest BCUT2D eigenvalue weighted by molar-refractivity contribution is -0.0361. The molecule has 5 rings (SSSR count). The third-order valence-corrected chi connectivity index (χ3v) is 10.6. The van der Waals surface area contributed by atoms with Crippen molar-refractivity contribution in [3.63, 3.8) is 0 Å². The first kappa shape index (κ1) is 19.9. The molecule has 2 nitrogen and oxygen atoms in total. The maximum atomic E-state index is 2.87. The molecule has 3 heterocycles. The molecule has 5 atom stereocenters. The van der Waals surface area contributed by atoms with Crippen LogP contribution in [-0.4, -0.2) is 35.0 Å². The third kappa shape index (κ3) is 3.22. The van der Waals surface area contributed by atoms with Gasteiger partial charge < -0.3 is 0 Å². The van der Waals surface area contributed by atoms with Gasteiger partial charge in [-0.3, -0.25) is 0 Å². The Balaban J connectivity index is 1.40. The number of hydrogen-bond donors (Lipinski definition) is 0. The van der Waals surface area contributed by atoms with E-state index in [4.69, 9.17) is 0 Å². The van der Waals surface area contributed by atoms with Gasteiger partial charge in [0.05, 0.1) is 6.67 Å². The van der Waals surface area contributed by atoms with Crippen molar-refractivity contribution >= 4 is 7.28 Å². The van der Waals surface area contributed by atoms with Crippen LogP contribution >= 0.6 is 0 Å². The maximum Gasteiger partial charge on any atom is 0.114 e. The van der Waals surface area contributed by atoms with Crippen LogP contribution < -0.4 is 0 Å². The van der Waals surface area contributed by atoms with Crippen LogP contribution in [0.3, 0.4) is 0 Å². The van der Waals surface area contributed by atoms with Crippen LogP contribution in [0, 0.1) is 17.3 Å². The molecule has 0 bridgehead atoms. The van der Waals surface area contributed by atoms with Crippen LogP contribution in [-0.2, 0) is 0 Å². The molecule has 3 saturated heterocycles. The van der Waals surface area contributed by atoms with Crippen LogP contribution in [0.4, 0.5) is 0 Å². The van der Waals surface area contributed by atoms with E-state index < -0.39 is 0 Å². The van der Waals surface area contributed by atoms with Crippen LogP contribution in [0.2, 0.25) is 12.1 Å². The van der Waals surface area contributed by atoms with E-state index in [-0.39, 0.29) is 0 Å². The molecule has 0 aromatic rings. The predicted molar refractivity (Wildman–Crippen MR) is 119 cm³/mol. The van der Waals surface area contributed by atoms with E-state index in [1.165, 1.54) is 103 Å². The van der Waals surface area contributed by atoms with E-state index in [1.807, 2.05) is 0 Å². The summed E-state index contributed by atoms with van der Waals surface area (Å²) in [6.45, 7) is 9.22. The Hall–Kier alpha value is -0.0151. The summed E-state index contributed by atoms with van der Waals surface area (Å²) in [6.07, 6.45) is 21.8. The lowest BCUT2D eigenvalue weighted by Gasteiger charge is -2.48. The number of hydrazine groups is 1. The Kier molecular flexibility index (Phi) is 5.19. The van der Waals surface area contributed by atoms with Gasteiger partial charge in [-0.15, -0.1) is 0 Å². The van der Waals surface area contributed by atoms with E-state index in [9.17, 15) is 0 Å². The molecule has 28 heavy (non-hydrogen) atoms.